The maximum atomic E-state index is 13.8. The van der Waals surface area contributed by atoms with Crippen LogP contribution in [0.4, 0.5) is 4.39 Å². The van der Waals surface area contributed by atoms with E-state index in [2.05, 4.69) is 14.9 Å². The van der Waals surface area contributed by atoms with Gasteiger partial charge in [-0.15, -0.1) is 0 Å². The van der Waals surface area contributed by atoms with E-state index in [-0.39, 0.29) is 17.0 Å². The van der Waals surface area contributed by atoms with Gasteiger partial charge in [0.05, 0.1) is 7.11 Å². The van der Waals surface area contributed by atoms with Crippen molar-refractivity contribution in [1.29, 1.82) is 0 Å². The average molecular weight is 304 g/mol. The van der Waals surface area contributed by atoms with Crippen molar-refractivity contribution in [2.45, 2.75) is 25.8 Å². The second-order valence-corrected chi connectivity index (χ2v) is 6.48. The first-order valence-corrected chi connectivity index (χ1v) is 7.72. The molecule has 1 saturated carbocycles. The van der Waals surface area contributed by atoms with Gasteiger partial charge in [-0.25, -0.2) is 4.39 Å². The van der Waals surface area contributed by atoms with Gasteiger partial charge in [-0.3, -0.25) is 4.90 Å². The van der Waals surface area contributed by atoms with E-state index in [0.717, 1.165) is 31.6 Å². The summed E-state index contributed by atoms with van der Waals surface area (Å²) in [5.74, 6) is 0.561. The maximum Gasteiger partial charge on any atom is 0.165 e. The van der Waals surface area contributed by atoms with Gasteiger partial charge >= 0.3 is 0 Å². The predicted molar refractivity (Wildman–Crippen MR) is 82.0 cm³/mol. The van der Waals surface area contributed by atoms with E-state index >= 15 is 0 Å². The van der Waals surface area contributed by atoms with Crippen molar-refractivity contribution in [2.24, 2.45) is 16.4 Å². The number of rotatable bonds is 5. The summed E-state index contributed by atoms with van der Waals surface area (Å²) in [6.07, 6.45) is 3.55. The van der Waals surface area contributed by atoms with Crippen molar-refractivity contribution in [3.63, 3.8) is 0 Å². The molecule has 118 valence electrons. The number of benzene rings is 1. The van der Waals surface area contributed by atoms with Gasteiger partial charge in [-0.05, 0) is 47.4 Å². The van der Waals surface area contributed by atoms with Gasteiger partial charge in [0.1, 0.15) is 0 Å². The molecule has 5 nitrogen and oxygen atoms in total. The van der Waals surface area contributed by atoms with Crippen molar-refractivity contribution in [1.82, 2.24) is 4.90 Å². The van der Waals surface area contributed by atoms with Crippen LogP contribution >= 0.6 is 0 Å². The van der Waals surface area contributed by atoms with Crippen molar-refractivity contribution < 1.29 is 9.13 Å². The maximum absolute atomic E-state index is 13.8. The molecule has 1 aromatic carbocycles. The number of ether oxygens (including phenoxy) is 1. The number of hydrogen-bond donors (Lipinski definition) is 0. The fraction of sp³-hybridized carbons (Fsp3) is 0.625. The van der Waals surface area contributed by atoms with E-state index in [1.54, 1.807) is 12.1 Å². The summed E-state index contributed by atoms with van der Waals surface area (Å²) in [6.45, 7) is 3.26. The zero-order valence-electron chi connectivity index (χ0n) is 12.8. The molecular formula is C16H21FN4O. The van der Waals surface area contributed by atoms with Crippen LogP contribution in [0.2, 0.25) is 0 Å². The zero-order chi connectivity index (χ0) is 15.6. The summed E-state index contributed by atoms with van der Waals surface area (Å²) in [7, 11) is 1.47. The molecule has 1 heterocycles. The Hall–Kier alpha value is -1.78. The summed E-state index contributed by atoms with van der Waals surface area (Å²) in [4.78, 5) is 5.30. The van der Waals surface area contributed by atoms with Crippen molar-refractivity contribution >= 4 is 0 Å². The number of hydrogen-bond acceptors (Lipinski definition) is 3. The Bertz CT molecular complexity index is 602. The van der Waals surface area contributed by atoms with Gasteiger partial charge in [-0.2, -0.15) is 0 Å². The first kappa shape index (κ1) is 15.1. The molecule has 0 aromatic heterocycles. The molecule has 6 heteroatoms. The molecule has 1 aromatic rings. The molecule has 0 bridgehead atoms. The van der Waals surface area contributed by atoms with E-state index in [0.29, 0.717) is 12.5 Å². The monoisotopic (exact) mass is 304 g/mol. The second kappa shape index (κ2) is 6.15. The summed E-state index contributed by atoms with van der Waals surface area (Å²) in [5, 5.41) is 3.84. The second-order valence-electron chi connectivity index (χ2n) is 6.48. The van der Waals surface area contributed by atoms with E-state index in [4.69, 9.17) is 10.3 Å². The van der Waals surface area contributed by atoms with Crippen LogP contribution in [0, 0.1) is 17.2 Å². The summed E-state index contributed by atoms with van der Waals surface area (Å²) < 4.78 is 18.8. The number of fused-ring (bicyclic) bond motifs is 1. The highest BCUT2D eigenvalue weighted by atomic mass is 19.1. The van der Waals surface area contributed by atoms with Crippen LogP contribution in [0.15, 0.2) is 23.3 Å². The highest BCUT2D eigenvalue weighted by Crippen LogP contribution is 2.49. The Kier molecular flexibility index (Phi) is 4.23. The minimum absolute atomic E-state index is 0.136. The van der Waals surface area contributed by atoms with Crippen LogP contribution in [-0.2, 0) is 6.54 Å². The largest absolute Gasteiger partial charge is 0.494 e. The van der Waals surface area contributed by atoms with E-state index in [9.17, 15) is 4.39 Å². The molecule has 0 amide bonds. The highest BCUT2D eigenvalue weighted by Gasteiger charge is 2.48. The lowest BCUT2D eigenvalue weighted by Gasteiger charge is -2.26. The number of halogens is 1. The molecule has 2 aliphatic rings. The lowest BCUT2D eigenvalue weighted by atomic mass is 9.81. The van der Waals surface area contributed by atoms with E-state index in [1.807, 2.05) is 6.07 Å². The number of methoxy groups -OCH3 is 1. The minimum Gasteiger partial charge on any atom is -0.494 e. The minimum atomic E-state index is -0.316. The van der Waals surface area contributed by atoms with Crippen molar-refractivity contribution in [3.8, 4) is 5.75 Å². The van der Waals surface area contributed by atoms with Gasteiger partial charge < -0.3 is 4.74 Å². The third-order valence-electron chi connectivity index (χ3n) is 5.18. The molecule has 0 spiro atoms. The molecule has 2 fully saturated rings. The third-order valence-corrected chi connectivity index (χ3v) is 5.18. The molecule has 2 unspecified atom stereocenters. The van der Waals surface area contributed by atoms with Gasteiger partial charge in [0.25, 0.3) is 0 Å². The van der Waals surface area contributed by atoms with E-state index in [1.165, 1.54) is 20.0 Å². The average Bonchev–Trinajstić information content (AvgIpc) is 3.02. The number of azide groups is 1. The van der Waals surface area contributed by atoms with Crippen LogP contribution in [-0.4, -0.2) is 31.6 Å². The summed E-state index contributed by atoms with van der Waals surface area (Å²) in [6, 6.07) is 5.14. The molecular weight excluding hydrogens is 283 g/mol. The molecule has 0 N–H and O–H groups in total. The number of nitrogens with zero attached hydrogens (tertiary/aromatic N) is 4. The fourth-order valence-electron chi connectivity index (χ4n) is 4.14. The smallest absolute Gasteiger partial charge is 0.165 e. The van der Waals surface area contributed by atoms with Crippen LogP contribution in [0.5, 0.6) is 5.75 Å². The molecule has 3 rings (SSSR count). The molecule has 2 atom stereocenters. The quantitative estimate of drug-likeness (QED) is 0.472. The Morgan fingerprint density at radius 1 is 1.55 bits per heavy atom. The normalized spacial score (nSPS) is 27.5. The Morgan fingerprint density at radius 2 is 2.41 bits per heavy atom. The molecule has 1 aliphatic heterocycles. The van der Waals surface area contributed by atoms with Gasteiger partial charge in [0.15, 0.2) is 11.6 Å². The molecule has 0 radical (unpaired) electrons. The first-order valence-electron chi connectivity index (χ1n) is 7.72. The topological polar surface area (TPSA) is 61.2 Å². The summed E-state index contributed by atoms with van der Waals surface area (Å²) >= 11 is 0. The van der Waals surface area contributed by atoms with Crippen LogP contribution in [0.25, 0.3) is 10.4 Å². The Labute approximate surface area is 129 Å². The lowest BCUT2D eigenvalue weighted by Crippen LogP contribution is -2.30. The lowest BCUT2D eigenvalue weighted by molar-refractivity contribution is 0.245. The van der Waals surface area contributed by atoms with Gasteiger partial charge in [-0.1, -0.05) is 17.6 Å². The third kappa shape index (κ3) is 2.76. The Balaban J connectivity index is 1.70. The fourth-order valence-corrected chi connectivity index (χ4v) is 4.14. The standard InChI is InChI=1S/C16H21FN4O/c1-22-15-5-4-12(7-14(15)17)8-21-9-13-3-2-6-16(13,11-21)10-19-20-18/h4-5,7,13H,2-3,6,8-11H2,1H3. The van der Waals surface area contributed by atoms with Crippen molar-refractivity contribution in [3.05, 3.63) is 40.0 Å². The van der Waals surface area contributed by atoms with Gasteiger partial charge in [0.2, 0.25) is 0 Å². The Morgan fingerprint density at radius 3 is 3.14 bits per heavy atom. The van der Waals surface area contributed by atoms with Gasteiger partial charge in [0, 0.05) is 31.1 Å². The zero-order valence-corrected chi connectivity index (χ0v) is 12.8. The van der Waals surface area contributed by atoms with Crippen LogP contribution in [0.1, 0.15) is 24.8 Å². The SMILES string of the molecule is COc1ccc(CN2CC3CCCC3(CN=[N+]=[N-])C2)cc1F. The predicted octanol–water partition coefficient (Wildman–Crippen LogP) is 3.75. The van der Waals surface area contributed by atoms with Crippen LogP contribution in [0.3, 0.4) is 0 Å². The van der Waals surface area contributed by atoms with Crippen molar-refractivity contribution in [2.75, 3.05) is 26.7 Å². The molecule has 1 saturated heterocycles. The van der Waals surface area contributed by atoms with Crippen LogP contribution < -0.4 is 4.74 Å². The highest BCUT2D eigenvalue weighted by molar-refractivity contribution is 5.29. The van der Waals surface area contributed by atoms with E-state index < -0.39 is 0 Å². The number of likely N-dealkylation sites (tertiary alicyclic amines) is 1. The molecule has 1 aliphatic carbocycles. The first-order chi connectivity index (χ1) is 10.7. The summed E-state index contributed by atoms with van der Waals surface area (Å²) in [5.41, 5.74) is 9.71. The molecule has 22 heavy (non-hydrogen) atoms.